The average Bonchev–Trinajstić information content (AvgIpc) is 3.58. The molecular formula is C40H44HfSi. The SMILES string of the molecule is CC[Si](CC)(c1cc2c(-c3cc(C)ccc3C)cccc2[cH-]1)c1cc2c(-c3cc(C)ccc3C)cccc2[cH-]1.[CH3-].[CH3-].[Hf+4]. The minimum absolute atomic E-state index is 0. The van der Waals surface area contributed by atoms with Gasteiger partial charge in [-0.3, -0.25) is 0 Å². The zero-order valence-corrected chi connectivity index (χ0v) is 31.2. The van der Waals surface area contributed by atoms with E-state index in [-0.39, 0.29) is 40.7 Å². The molecule has 0 saturated carbocycles. The Hall–Kier alpha value is -2.81. The van der Waals surface area contributed by atoms with Crippen molar-refractivity contribution in [3.8, 4) is 22.3 Å². The molecule has 0 aliphatic heterocycles. The Morgan fingerprint density at radius 1 is 0.524 bits per heavy atom. The Labute approximate surface area is 274 Å². The van der Waals surface area contributed by atoms with Crippen molar-refractivity contribution in [3.05, 3.63) is 134 Å². The van der Waals surface area contributed by atoms with Crippen LogP contribution in [0.15, 0.2) is 97.1 Å². The van der Waals surface area contributed by atoms with E-state index in [2.05, 4.69) is 139 Å². The van der Waals surface area contributed by atoms with E-state index < -0.39 is 8.07 Å². The summed E-state index contributed by atoms with van der Waals surface area (Å²) in [7, 11) is -1.96. The summed E-state index contributed by atoms with van der Waals surface area (Å²) in [6, 6.07) is 39.9. The maximum Gasteiger partial charge on any atom is 4.00 e. The summed E-state index contributed by atoms with van der Waals surface area (Å²) < 4.78 is 0. The normalized spacial score (nSPS) is 11.2. The predicted molar refractivity (Wildman–Crippen MR) is 188 cm³/mol. The van der Waals surface area contributed by atoms with Crippen molar-refractivity contribution < 1.29 is 25.8 Å². The monoisotopic (exact) mass is 732 g/mol. The van der Waals surface area contributed by atoms with E-state index in [0.717, 1.165) is 0 Å². The second-order valence-electron chi connectivity index (χ2n) is 11.5. The number of hydrogen-bond donors (Lipinski definition) is 0. The number of rotatable bonds is 6. The van der Waals surface area contributed by atoms with Gasteiger partial charge in [-0.2, -0.15) is 12.1 Å². The summed E-state index contributed by atoms with van der Waals surface area (Å²) in [6.07, 6.45) is 0. The average molecular weight is 731 g/mol. The van der Waals surface area contributed by atoms with Crippen LogP contribution in [0.5, 0.6) is 0 Å². The van der Waals surface area contributed by atoms with Gasteiger partial charge < -0.3 is 14.9 Å². The number of fused-ring (bicyclic) bond motifs is 2. The maximum atomic E-state index is 2.55. The molecule has 0 fully saturated rings. The Balaban J connectivity index is 0.00000161. The largest absolute Gasteiger partial charge is 4.00 e. The zero-order chi connectivity index (χ0) is 27.3. The van der Waals surface area contributed by atoms with E-state index in [4.69, 9.17) is 0 Å². The molecule has 0 atom stereocenters. The van der Waals surface area contributed by atoms with Gasteiger partial charge in [-0.25, -0.2) is 0 Å². The number of benzene rings is 4. The van der Waals surface area contributed by atoms with Crippen molar-refractivity contribution in [3.63, 3.8) is 0 Å². The van der Waals surface area contributed by atoms with Gasteiger partial charge in [0, 0.05) is 0 Å². The fraction of sp³-hybridized carbons (Fsp3) is 0.200. The first-order chi connectivity index (χ1) is 18.8. The van der Waals surface area contributed by atoms with Crippen LogP contribution in [0.3, 0.4) is 0 Å². The van der Waals surface area contributed by atoms with Crippen LogP contribution >= 0.6 is 0 Å². The Morgan fingerprint density at radius 3 is 1.31 bits per heavy atom. The summed E-state index contributed by atoms with van der Waals surface area (Å²) in [5, 5.41) is 8.68. The molecule has 0 saturated heterocycles. The van der Waals surface area contributed by atoms with Crippen molar-refractivity contribution >= 4 is 40.0 Å². The van der Waals surface area contributed by atoms with Crippen molar-refractivity contribution in [1.82, 2.24) is 0 Å². The molecule has 0 aliphatic rings. The van der Waals surface area contributed by atoms with Crippen LogP contribution in [0.1, 0.15) is 36.1 Å². The molecule has 0 aromatic heterocycles. The third kappa shape index (κ3) is 5.61. The van der Waals surface area contributed by atoms with Crippen molar-refractivity contribution in [1.29, 1.82) is 0 Å². The van der Waals surface area contributed by atoms with Gasteiger partial charge in [0.25, 0.3) is 0 Å². The van der Waals surface area contributed by atoms with E-state index in [1.165, 1.54) is 78.1 Å². The topological polar surface area (TPSA) is 0 Å². The van der Waals surface area contributed by atoms with Gasteiger partial charge in [0.1, 0.15) is 0 Å². The van der Waals surface area contributed by atoms with Crippen molar-refractivity contribution in [2.75, 3.05) is 0 Å². The molecule has 6 aromatic carbocycles. The molecule has 0 bridgehead atoms. The summed E-state index contributed by atoms with van der Waals surface area (Å²) >= 11 is 0. The summed E-state index contributed by atoms with van der Waals surface area (Å²) in [5.74, 6) is 0. The molecule has 0 aliphatic carbocycles. The smallest absolute Gasteiger partial charge is 0.358 e. The van der Waals surface area contributed by atoms with E-state index >= 15 is 0 Å². The first-order valence-electron chi connectivity index (χ1n) is 14.4. The molecule has 6 rings (SSSR count). The number of aryl methyl sites for hydroxylation is 4. The molecule has 6 aromatic rings. The Kier molecular flexibility index (Phi) is 10.6. The molecule has 0 spiro atoms. The van der Waals surface area contributed by atoms with Crippen LogP contribution in [0, 0.1) is 42.5 Å². The van der Waals surface area contributed by atoms with Gasteiger partial charge >= 0.3 is 25.8 Å². The number of hydrogen-bond acceptors (Lipinski definition) is 0. The van der Waals surface area contributed by atoms with Gasteiger partial charge in [-0.1, -0.05) is 96.7 Å². The fourth-order valence-corrected chi connectivity index (χ4v) is 10.9. The molecule has 0 nitrogen and oxygen atoms in total. The quantitative estimate of drug-likeness (QED) is 0.118. The fourth-order valence-electron chi connectivity index (χ4n) is 6.78. The van der Waals surface area contributed by atoms with E-state index in [0.29, 0.717) is 0 Å². The minimum Gasteiger partial charge on any atom is -0.358 e. The van der Waals surface area contributed by atoms with E-state index in [1.54, 1.807) is 10.4 Å². The first-order valence-corrected chi connectivity index (χ1v) is 16.8. The van der Waals surface area contributed by atoms with E-state index in [1.807, 2.05) is 0 Å². The second kappa shape index (κ2) is 13.2. The van der Waals surface area contributed by atoms with Crippen LogP contribution in [0.2, 0.25) is 12.1 Å². The molecule has 2 heteroatoms. The van der Waals surface area contributed by atoms with E-state index in [9.17, 15) is 0 Å². The van der Waals surface area contributed by atoms with Gasteiger partial charge in [-0.15, -0.1) is 68.3 Å². The molecule has 0 N–H and O–H groups in total. The Morgan fingerprint density at radius 2 is 0.929 bits per heavy atom. The van der Waals surface area contributed by atoms with Gasteiger partial charge in [-0.05, 0) is 49.9 Å². The van der Waals surface area contributed by atoms with Gasteiger partial charge in [0.2, 0.25) is 0 Å². The van der Waals surface area contributed by atoms with Crippen LogP contribution in [0.4, 0.5) is 0 Å². The van der Waals surface area contributed by atoms with Gasteiger partial charge in [0.15, 0.2) is 0 Å². The van der Waals surface area contributed by atoms with Crippen LogP contribution in [0.25, 0.3) is 43.8 Å². The van der Waals surface area contributed by atoms with Crippen LogP contribution < -0.4 is 10.4 Å². The minimum atomic E-state index is -1.96. The first kappa shape index (κ1) is 33.7. The standard InChI is InChI=1S/C38H38Si.2CH3.Hf/c1-7-39(8-2,31-21-29-11-9-13-33(37(29)23-31)35-19-25(3)15-17-27(35)5)32-22-30-12-10-14-34(38(30)24-32)36-20-26(4)16-18-28(36)6;;;/h9-24H,7-8H2,1-6H3;2*1H3;/q-2;2*-1;+4. The summed E-state index contributed by atoms with van der Waals surface area (Å²) in [4.78, 5) is 0. The third-order valence-electron chi connectivity index (χ3n) is 9.18. The van der Waals surface area contributed by atoms with Gasteiger partial charge in [0.05, 0.1) is 8.07 Å². The second-order valence-corrected chi connectivity index (χ2v) is 16.3. The maximum absolute atomic E-state index is 2.55. The third-order valence-corrected chi connectivity index (χ3v) is 14.4. The van der Waals surface area contributed by atoms with Crippen molar-refractivity contribution in [2.45, 2.75) is 53.6 Å². The molecular weight excluding hydrogens is 687 g/mol. The van der Waals surface area contributed by atoms with Crippen molar-refractivity contribution in [2.24, 2.45) is 0 Å². The zero-order valence-electron chi connectivity index (χ0n) is 26.7. The molecule has 0 radical (unpaired) electrons. The summed E-state index contributed by atoms with van der Waals surface area (Å²) in [6.45, 7) is 13.7. The Bertz CT molecular complexity index is 1690. The predicted octanol–water partition coefficient (Wildman–Crippen LogP) is 10.5. The van der Waals surface area contributed by atoms with Crippen LogP contribution in [-0.2, 0) is 25.8 Å². The van der Waals surface area contributed by atoms with Crippen LogP contribution in [-0.4, -0.2) is 8.07 Å². The molecule has 42 heavy (non-hydrogen) atoms. The molecule has 0 amide bonds. The molecule has 0 unspecified atom stereocenters. The molecule has 0 heterocycles. The molecule has 212 valence electrons. The summed E-state index contributed by atoms with van der Waals surface area (Å²) in [5.41, 5.74) is 10.7.